The average Bonchev–Trinajstić information content (AvgIpc) is 3.16. The van der Waals surface area contributed by atoms with Gasteiger partial charge in [0.25, 0.3) is 0 Å². The molecular formula is C21H28ClN3O3. The number of benzene rings is 1. The molecule has 0 saturated carbocycles. The number of aryl methyl sites for hydroxylation is 1. The third kappa shape index (κ3) is 5.56. The van der Waals surface area contributed by atoms with Crippen LogP contribution >= 0.6 is 11.6 Å². The molecule has 1 aliphatic heterocycles. The quantitative estimate of drug-likeness (QED) is 0.729. The van der Waals surface area contributed by atoms with Crippen LogP contribution < -0.4 is 5.32 Å². The number of amides is 1. The molecule has 1 aromatic carbocycles. The molecule has 1 fully saturated rings. The number of nitrogens with one attached hydrogen (secondary N) is 1. The fraction of sp³-hybridized carbons (Fsp3) is 0.524. The summed E-state index contributed by atoms with van der Waals surface area (Å²) in [5, 5.41) is 3.68. The van der Waals surface area contributed by atoms with Gasteiger partial charge < -0.3 is 14.5 Å². The van der Waals surface area contributed by atoms with Crippen molar-refractivity contribution in [1.29, 1.82) is 0 Å². The second-order valence-electron chi connectivity index (χ2n) is 7.36. The van der Waals surface area contributed by atoms with Crippen molar-refractivity contribution in [3.63, 3.8) is 0 Å². The second-order valence-corrected chi connectivity index (χ2v) is 7.77. The zero-order valence-electron chi connectivity index (χ0n) is 16.5. The summed E-state index contributed by atoms with van der Waals surface area (Å²) in [6, 6.07) is 7.79. The van der Waals surface area contributed by atoms with Gasteiger partial charge in [0.15, 0.2) is 11.7 Å². The molecule has 2 aromatic rings. The Bertz CT molecular complexity index is 772. The Labute approximate surface area is 171 Å². The van der Waals surface area contributed by atoms with Crippen LogP contribution in [0, 0.1) is 5.92 Å². The number of morpholine rings is 1. The van der Waals surface area contributed by atoms with Crippen LogP contribution in [0.25, 0.3) is 11.3 Å². The minimum Gasteiger partial charge on any atom is -0.441 e. The van der Waals surface area contributed by atoms with E-state index in [-0.39, 0.29) is 5.91 Å². The number of halogens is 1. The molecule has 1 atom stereocenters. The summed E-state index contributed by atoms with van der Waals surface area (Å²) >= 11 is 6.19. The summed E-state index contributed by atoms with van der Waals surface area (Å²) < 4.78 is 11.2. The zero-order chi connectivity index (χ0) is 19.9. The number of oxazole rings is 1. The van der Waals surface area contributed by atoms with Crippen molar-refractivity contribution in [2.75, 3.05) is 32.8 Å². The van der Waals surface area contributed by atoms with E-state index in [4.69, 9.17) is 20.8 Å². The number of carbonyl (C=O) groups is 1. The standard InChI is InChI=1S/C21H28ClN3O3/c1-15(2)18(25-9-11-27-12-10-25)13-23-20(26)7-8-21-24-14-19(28-21)16-5-3-4-6-17(16)22/h3-6,14-15,18H,7-13H2,1-2H3,(H,23,26). The van der Waals surface area contributed by atoms with Crippen molar-refractivity contribution in [2.24, 2.45) is 5.92 Å². The fourth-order valence-corrected chi connectivity index (χ4v) is 3.66. The van der Waals surface area contributed by atoms with Crippen molar-refractivity contribution >= 4 is 17.5 Å². The van der Waals surface area contributed by atoms with Gasteiger partial charge in [0.2, 0.25) is 5.91 Å². The summed E-state index contributed by atoms with van der Waals surface area (Å²) in [4.78, 5) is 19.0. The van der Waals surface area contributed by atoms with Gasteiger partial charge in [-0.05, 0) is 18.1 Å². The van der Waals surface area contributed by atoms with Gasteiger partial charge in [-0.2, -0.15) is 0 Å². The van der Waals surface area contributed by atoms with Gasteiger partial charge in [0.05, 0.1) is 24.4 Å². The monoisotopic (exact) mass is 405 g/mol. The molecule has 1 saturated heterocycles. The van der Waals surface area contributed by atoms with Crippen LogP contribution in [-0.2, 0) is 16.0 Å². The van der Waals surface area contributed by atoms with E-state index in [1.807, 2.05) is 24.3 Å². The minimum atomic E-state index is 0.0106. The van der Waals surface area contributed by atoms with Gasteiger partial charge in [-0.1, -0.05) is 37.6 Å². The van der Waals surface area contributed by atoms with Crippen LogP contribution in [0.4, 0.5) is 0 Å². The number of hydrogen-bond acceptors (Lipinski definition) is 5. The molecule has 0 bridgehead atoms. The van der Waals surface area contributed by atoms with Crippen molar-refractivity contribution in [1.82, 2.24) is 15.2 Å². The maximum atomic E-state index is 12.3. The molecule has 152 valence electrons. The summed E-state index contributed by atoms with van der Waals surface area (Å²) in [5.41, 5.74) is 0.803. The lowest BCUT2D eigenvalue weighted by atomic mass is 10.0. The Morgan fingerprint density at radius 1 is 1.29 bits per heavy atom. The Morgan fingerprint density at radius 3 is 2.75 bits per heavy atom. The normalized spacial score (nSPS) is 16.3. The number of aromatic nitrogens is 1. The molecule has 1 unspecified atom stereocenters. The highest BCUT2D eigenvalue weighted by Crippen LogP contribution is 2.28. The van der Waals surface area contributed by atoms with Crippen LogP contribution in [0.3, 0.4) is 0 Å². The van der Waals surface area contributed by atoms with Crippen molar-refractivity contribution < 1.29 is 13.9 Å². The van der Waals surface area contributed by atoms with Crippen molar-refractivity contribution in [3.8, 4) is 11.3 Å². The smallest absolute Gasteiger partial charge is 0.220 e. The highest BCUT2D eigenvalue weighted by molar-refractivity contribution is 6.33. The van der Waals surface area contributed by atoms with E-state index in [0.29, 0.717) is 48.0 Å². The van der Waals surface area contributed by atoms with Gasteiger partial charge in [0, 0.05) is 44.1 Å². The molecule has 0 aliphatic carbocycles. The summed E-state index contributed by atoms with van der Waals surface area (Å²) in [6.45, 7) is 8.38. The first kappa shape index (κ1) is 20.8. The van der Waals surface area contributed by atoms with Gasteiger partial charge in [0.1, 0.15) is 0 Å². The largest absolute Gasteiger partial charge is 0.441 e. The Kier molecular flexibility index (Phi) is 7.48. The molecule has 1 N–H and O–H groups in total. The Morgan fingerprint density at radius 2 is 2.04 bits per heavy atom. The number of rotatable bonds is 8. The van der Waals surface area contributed by atoms with Crippen LogP contribution in [0.1, 0.15) is 26.2 Å². The van der Waals surface area contributed by atoms with Gasteiger partial charge in [-0.15, -0.1) is 0 Å². The van der Waals surface area contributed by atoms with Crippen molar-refractivity contribution in [2.45, 2.75) is 32.7 Å². The molecule has 1 amide bonds. The minimum absolute atomic E-state index is 0.0106. The van der Waals surface area contributed by atoms with E-state index < -0.39 is 0 Å². The van der Waals surface area contributed by atoms with Crippen molar-refractivity contribution in [3.05, 3.63) is 41.4 Å². The molecule has 2 heterocycles. The molecule has 1 aromatic heterocycles. The summed E-state index contributed by atoms with van der Waals surface area (Å²) in [5.74, 6) is 1.63. The molecular weight excluding hydrogens is 378 g/mol. The molecule has 6 nitrogen and oxygen atoms in total. The summed E-state index contributed by atoms with van der Waals surface area (Å²) in [6.07, 6.45) is 2.46. The first-order valence-corrected chi connectivity index (χ1v) is 10.2. The van der Waals surface area contributed by atoms with Gasteiger partial charge >= 0.3 is 0 Å². The van der Waals surface area contributed by atoms with Gasteiger partial charge in [-0.25, -0.2) is 4.98 Å². The SMILES string of the molecule is CC(C)C(CNC(=O)CCc1ncc(-c2ccccc2Cl)o1)N1CCOCC1. The van der Waals surface area contributed by atoms with Gasteiger partial charge in [-0.3, -0.25) is 9.69 Å². The number of carbonyl (C=O) groups excluding carboxylic acids is 1. The lowest BCUT2D eigenvalue weighted by Gasteiger charge is -2.36. The molecule has 1 aliphatic rings. The fourth-order valence-electron chi connectivity index (χ4n) is 3.43. The number of hydrogen-bond donors (Lipinski definition) is 1. The van der Waals surface area contributed by atoms with E-state index in [2.05, 4.69) is 29.0 Å². The topological polar surface area (TPSA) is 67.6 Å². The Hall–Kier alpha value is -1.89. The number of nitrogens with zero attached hydrogens (tertiary/aromatic N) is 2. The summed E-state index contributed by atoms with van der Waals surface area (Å²) in [7, 11) is 0. The average molecular weight is 406 g/mol. The molecule has 3 rings (SSSR count). The Balaban J connectivity index is 1.48. The van der Waals surface area contributed by atoms with E-state index >= 15 is 0 Å². The lowest BCUT2D eigenvalue weighted by molar-refractivity contribution is -0.121. The first-order chi connectivity index (χ1) is 13.5. The maximum Gasteiger partial charge on any atom is 0.220 e. The highest BCUT2D eigenvalue weighted by atomic mass is 35.5. The highest BCUT2D eigenvalue weighted by Gasteiger charge is 2.24. The van der Waals surface area contributed by atoms with E-state index in [1.165, 1.54) is 0 Å². The predicted molar refractivity (Wildman–Crippen MR) is 109 cm³/mol. The zero-order valence-corrected chi connectivity index (χ0v) is 17.2. The third-order valence-corrected chi connectivity index (χ3v) is 5.38. The molecule has 0 spiro atoms. The maximum absolute atomic E-state index is 12.3. The molecule has 0 radical (unpaired) electrons. The second kappa shape index (κ2) is 10.0. The van der Waals surface area contributed by atoms with Crippen LogP contribution in [0.5, 0.6) is 0 Å². The first-order valence-electron chi connectivity index (χ1n) is 9.82. The van der Waals surface area contributed by atoms with E-state index in [9.17, 15) is 4.79 Å². The number of ether oxygens (including phenoxy) is 1. The van der Waals surface area contributed by atoms with Crippen LogP contribution in [-0.4, -0.2) is 54.7 Å². The molecule has 7 heteroatoms. The van der Waals surface area contributed by atoms with E-state index in [1.54, 1.807) is 6.20 Å². The third-order valence-electron chi connectivity index (χ3n) is 5.05. The molecule has 28 heavy (non-hydrogen) atoms. The lowest BCUT2D eigenvalue weighted by Crippen LogP contribution is -2.51. The van der Waals surface area contributed by atoms with Crippen LogP contribution in [0.15, 0.2) is 34.9 Å². The van der Waals surface area contributed by atoms with Crippen LogP contribution in [0.2, 0.25) is 5.02 Å². The predicted octanol–water partition coefficient (Wildman–Crippen LogP) is 3.40. The van der Waals surface area contributed by atoms with E-state index in [0.717, 1.165) is 31.9 Å².